The van der Waals surface area contributed by atoms with Gasteiger partial charge in [0, 0.05) is 14.1 Å². The molecule has 0 unspecified atom stereocenters. The van der Waals surface area contributed by atoms with E-state index in [1.54, 1.807) is 11.5 Å². The third-order valence-corrected chi connectivity index (χ3v) is 4.44. The maximum atomic E-state index is 4.79. The third-order valence-electron chi connectivity index (χ3n) is 3.25. The van der Waals surface area contributed by atoms with Gasteiger partial charge >= 0.3 is 11.0 Å². The lowest BCUT2D eigenvalue weighted by molar-refractivity contribution is -0.509. The van der Waals surface area contributed by atoms with Crippen LogP contribution >= 0.6 is 11.5 Å². The number of anilines is 1. The Morgan fingerprint density at radius 1 is 0.952 bits per heavy atom. The lowest BCUT2D eigenvalue weighted by Crippen LogP contribution is -2.27. The molecule has 0 radical (unpaired) electrons. The highest BCUT2D eigenvalue weighted by molar-refractivity contribution is 7.06. The monoisotopic (exact) mass is 296 g/mol. The van der Waals surface area contributed by atoms with Crippen molar-refractivity contribution in [1.29, 1.82) is 0 Å². The van der Waals surface area contributed by atoms with Gasteiger partial charge in [0.2, 0.25) is 0 Å². The molecule has 0 saturated heterocycles. The predicted octanol–water partition coefficient (Wildman–Crippen LogP) is 3.46. The smallest absolute Gasteiger partial charge is 0.331 e. The van der Waals surface area contributed by atoms with Gasteiger partial charge in [0.05, 0.1) is 5.56 Å². The second kappa shape index (κ2) is 5.66. The van der Waals surface area contributed by atoms with Crippen LogP contribution in [0, 0.1) is 6.92 Å². The van der Waals surface area contributed by atoms with Crippen molar-refractivity contribution in [2.45, 2.75) is 6.92 Å². The lowest BCUT2D eigenvalue weighted by Gasteiger charge is -1.99. The quantitative estimate of drug-likeness (QED) is 0.690. The van der Waals surface area contributed by atoms with Gasteiger partial charge in [0.25, 0.3) is 0 Å². The van der Waals surface area contributed by atoms with Crippen LogP contribution in [-0.2, 0) is 0 Å². The highest BCUT2D eigenvalue weighted by Gasteiger charge is 2.25. The summed E-state index contributed by atoms with van der Waals surface area (Å²) in [4.78, 5) is 6.84. The molecule has 21 heavy (non-hydrogen) atoms. The molecule has 4 heteroatoms. The molecule has 1 heterocycles. The molecule has 106 valence electrons. The first-order valence-electron chi connectivity index (χ1n) is 6.88. The zero-order chi connectivity index (χ0) is 14.8. The molecule has 0 aliphatic rings. The summed E-state index contributed by atoms with van der Waals surface area (Å²) in [6, 6.07) is 18.9. The van der Waals surface area contributed by atoms with E-state index in [1.807, 2.05) is 25.1 Å². The minimum Gasteiger partial charge on any atom is -0.331 e. The summed E-state index contributed by atoms with van der Waals surface area (Å²) >= 11 is 1.65. The Morgan fingerprint density at radius 3 is 2.24 bits per heavy atom. The SMILES string of the molecule is Cc1ccc(-c2nc(N(C)C)s[n+]2-c2ccccc2)cc1. The van der Waals surface area contributed by atoms with Crippen LogP contribution in [0.4, 0.5) is 5.13 Å². The van der Waals surface area contributed by atoms with Gasteiger partial charge < -0.3 is 4.90 Å². The van der Waals surface area contributed by atoms with Gasteiger partial charge in [-0.15, -0.1) is 3.96 Å². The maximum absolute atomic E-state index is 4.79. The number of aromatic nitrogens is 2. The third kappa shape index (κ3) is 2.81. The number of hydrogen-bond acceptors (Lipinski definition) is 3. The average Bonchev–Trinajstić information content (AvgIpc) is 2.94. The van der Waals surface area contributed by atoms with Gasteiger partial charge in [-0.05, 0) is 36.2 Å². The summed E-state index contributed by atoms with van der Waals surface area (Å²) in [6.45, 7) is 2.10. The number of benzene rings is 2. The van der Waals surface area contributed by atoms with Gasteiger partial charge in [-0.2, -0.15) is 0 Å². The van der Waals surface area contributed by atoms with Crippen LogP contribution in [0.2, 0.25) is 0 Å². The minimum absolute atomic E-state index is 0.981. The standard InChI is InChI=1S/C17H18N3S/c1-13-9-11-14(12-10-13)16-18-17(19(2)3)21-20(16)15-7-5-4-6-8-15/h4-12H,1-3H3/q+1. The van der Waals surface area contributed by atoms with E-state index >= 15 is 0 Å². The Labute approximate surface area is 129 Å². The van der Waals surface area contributed by atoms with E-state index in [2.05, 4.69) is 59.4 Å². The van der Waals surface area contributed by atoms with E-state index in [9.17, 15) is 0 Å². The number of para-hydroxylation sites is 1. The molecule has 0 fully saturated rings. The van der Waals surface area contributed by atoms with E-state index in [0.717, 1.165) is 22.2 Å². The molecular weight excluding hydrogens is 278 g/mol. The van der Waals surface area contributed by atoms with E-state index in [1.165, 1.54) is 5.56 Å². The zero-order valence-electron chi connectivity index (χ0n) is 12.4. The van der Waals surface area contributed by atoms with Crippen molar-refractivity contribution in [3.8, 4) is 17.1 Å². The van der Waals surface area contributed by atoms with Crippen molar-refractivity contribution in [2.75, 3.05) is 19.0 Å². The van der Waals surface area contributed by atoms with Crippen LogP contribution in [0.1, 0.15) is 5.56 Å². The molecule has 0 saturated carbocycles. The second-order valence-corrected chi connectivity index (χ2v) is 6.11. The maximum Gasteiger partial charge on any atom is 0.350 e. The average molecular weight is 296 g/mol. The van der Waals surface area contributed by atoms with Crippen molar-refractivity contribution >= 4 is 16.7 Å². The van der Waals surface area contributed by atoms with Crippen LogP contribution in [-0.4, -0.2) is 19.1 Å². The Bertz CT molecular complexity index is 730. The number of nitrogens with zero attached hydrogens (tertiary/aromatic N) is 3. The molecular formula is C17H18N3S+. The molecule has 3 aromatic rings. The Kier molecular flexibility index (Phi) is 3.71. The number of hydrogen-bond donors (Lipinski definition) is 0. The van der Waals surface area contributed by atoms with Crippen molar-refractivity contribution in [3.05, 3.63) is 60.2 Å². The summed E-state index contributed by atoms with van der Waals surface area (Å²) < 4.78 is 2.18. The van der Waals surface area contributed by atoms with Crippen LogP contribution in [0.5, 0.6) is 0 Å². The van der Waals surface area contributed by atoms with Gasteiger partial charge in [0.1, 0.15) is 17.2 Å². The molecule has 0 amide bonds. The minimum atomic E-state index is 0.981. The summed E-state index contributed by atoms with van der Waals surface area (Å²) in [5.74, 6) is 0.981. The molecule has 0 N–H and O–H groups in total. The molecule has 3 rings (SSSR count). The van der Waals surface area contributed by atoms with Gasteiger partial charge in [-0.1, -0.05) is 35.9 Å². The van der Waals surface area contributed by atoms with E-state index < -0.39 is 0 Å². The first-order valence-corrected chi connectivity index (χ1v) is 7.65. The van der Waals surface area contributed by atoms with Gasteiger partial charge in [0.15, 0.2) is 0 Å². The second-order valence-electron chi connectivity index (χ2n) is 5.20. The summed E-state index contributed by atoms with van der Waals surface area (Å²) in [5, 5.41) is 0.995. The topological polar surface area (TPSA) is 20.0 Å². The van der Waals surface area contributed by atoms with Gasteiger partial charge in [-0.25, -0.2) is 0 Å². The van der Waals surface area contributed by atoms with Crippen molar-refractivity contribution in [1.82, 2.24) is 4.98 Å². The number of aryl methyl sites for hydroxylation is 1. The highest BCUT2D eigenvalue weighted by Crippen LogP contribution is 2.23. The fourth-order valence-corrected chi connectivity index (χ4v) is 3.00. The molecule has 0 atom stereocenters. The molecule has 0 aliphatic carbocycles. The molecule has 1 aromatic heterocycles. The predicted molar refractivity (Wildman–Crippen MR) is 88.1 cm³/mol. The summed E-state index contributed by atoms with van der Waals surface area (Å²) in [6.07, 6.45) is 0. The highest BCUT2D eigenvalue weighted by atomic mass is 32.1. The van der Waals surface area contributed by atoms with Crippen molar-refractivity contribution in [3.63, 3.8) is 0 Å². The fourth-order valence-electron chi connectivity index (χ4n) is 2.09. The first kappa shape index (κ1) is 13.8. The zero-order valence-corrected chi connectivity index (χ0v) is 13.3. The Hall–Kier alpha value is -2.20. The van der Waals surface area contributed by atoms with Crippen LogP contribution in [0.3, 0.4) is 0 Å². The first-order chi connectivity index (χ1) is 10.1. The van der Waals surface area contributed by atoms with Crippen molar-refractivity contribution in [2.24, 2.45) is 0 Å². The van der Waals surface area contributed by atoms with Crippen molar-refractivity contribution < 1.29 is 3.96 Å². The van der Waals surface area contributed by atoms with E-state index in [-0.39, 0.29) is 0 Å². The van der Waals surface area contributed by atoms with E-state index in [4.69, 9.17) is 4.98 Å². The Balaban J connectivity index is 2.16. The Morgan fingerprint density at radius 2 is 1.62 bits per heavy atom. The normalized spacial score (nSPS) is 10.6. The lowest BCUT2D eigenvalue weighted by atomic mass is 10.1. The van der Waals surface area contributed by atoms with Crippen LogP contribution < -0.4 is 8.86 Å². The van der Waals surface area contributed by atoms with E-state index in [0.29, 0.717) is 0 Å². The number of rotatable bonds is 3. The molecule has 3 nitrogen and oxygen atoms in total. The molecule has 2 aromatic carbocycles. The largest absolute Gasteiger partial charge is 0.350 e. The molecule has 0 aliphatic heterocycles. The summed E-state index contributed by atoms with van der Waals surface area (Å²) in [7, 11) is 4.04. The molecule has 0 bridgehead atoms. The summed E-state index contributed by atoms with van der Waals surface area (Å²) in [5.41, 5.74) is 3.53. The van der Waals surface area contributed by atoms with Crippen LogP contribution in [0.25, 0.3) is 17.1 Å². The van der Waals surface area contributed by atoms with Crippen LogP contribution in [0.15, 0.2) is 54.6 Å². The van der Waals surface area contributed by atoms with Gasteiger partial charge in [-0.3, -0.25) is 0 Å². The molecule has 0 spiro atoms. The fraction of sp³-hybridized carbons (Fsp3) is 0.176.